The predicted molar refractivity (Wildman–Crippen MR) is 261 cm³/mol. The summed E-state index contributed by atoms with van der Waals surface area (Å²) >= 11 is 12.1. The van der Waals surface area contributed by atoms with E-state index in [9.17, 15) is 38.6 Å². The fraction of sp³-hybridized carbons (Fsp3) is 0.308. The highest BCUT2D eigenvalue weighted by Crippen LogP contribution is 2.38. The van der Waals surface area contributed by atoms with Gasteiger partial charge >= 0.3 is 0 Å². The molecule has 6 aromatic rings. The van der Waals surface area contributed by atoms with Gasteiger partial charge in [0.2, 0.25) is 5.78 Å². The lowest BCUT2D eigenvalue weighted by Crippen LogP contribution is -2.52. The molecule has 6 aromatic carbocycles. The van der Waals surface area contributed by atoms with E-state index in [2.05, 4.69) is 20.7 Å². The van der Waals surface area contributed by atoms with Gasteiger partial charge in [0.05, 0.1) is 12.1 Å². The van der Waals surface area contributed by atoms with Crippen molar-refractivity contribution in [3.63, 3.8) is 0 Å². The fourth-order valence-corrected chi connectivity index (χ4v) is 9.12. The number of halogens is 4. The summed E-state index contributed by atoms with van der Waals surface area (Å²) in [5.41, 5.74) is 0.883. The first-order chi connectivity index (χ1) is 34.3. The van der Waals surface area contributed by atoms with Crippen molar-refractivity contribution in [2.24, 2.45) is 5.16 Å². The molecular weight excluding hydrogens is 963 g/mol. The van der Waals surface area contributed by atoms with E-state index >= 15 is 0 Å². The number of carbonyl (C=O) groups is 3. The quantitative estimate of drug-likeness (QED) is 0.0247. The average molecular weight is 1010 g/mol. The van der Waals surface area contributed by atoms with Crippen molar-refractivity contribution in [3.8, 4) is 23.0 Å². The number of fused-ring (bicyclic) bond motifs is 4. The van der Waals surface area contributed by atoms with Crippen LogP contribution in [0.2, 0.25) is 10.0 Å². The SMILES string of the molecule is O=C(N[C@H](CN1CCC1)[C@H](O)c1cc(F)c2c(c1)OCCO2)/C(=N/O)c1ccc2cc(Cl)ccc2c1.O=C(N[C@H](CN1CCC1)[C@H](O)c1cc(F)c2c(c1)OCCO2)C(=O)c1ccc2cc(Cl)ccc2c1. The number of oxime groups is 1. The Hall–Kier alpha value is -6.60. The van der Waals surface area contributed by atoms with Gasteiger partial charge in [0, 0.05) is 34.3 Å². The lowest BCUT2D eigenvalue weighted by Gasteiger charge is -2.36. The number of aliphatic hydroxyl groups is 2. The Morgan fingerprint density at radius 3 is 1.46 bits per heavy atom. The Morgan fingerprint density at radius 2 is 1.00 bits per heavy atom. The second-order valence-electron chi connectivity index (χ2n) is 17.6. The maximum absolute atomic E-state index is 14.6. The molecule has 0 aromatic heterocycles. The second-order valence-corrected chi connectivity index (χ2v) is 18.5. The molecule has 0 aliphatic carbocycles. The number of benzene rings is 6. The molecule has 5 N–H and O–H groups in total. The van der Waals surface area contributed by atoms with Crippen molar-refractivity contribution in [2.45, 2.75) is 37.1 Å². The van der Waals surface area contributed by atoms with Crippen molar-refractivity contribution in [1.82, 2.24) is 20.4 Å². The lowest BCUT2D eigenvalue weighted by molar-refractivity contribution is -0.119. The van der Waals surface area contributed by atoms with E-state index < -0.39 is 53.5 Å². The zero-order chi connectivity index (χ0) is 49.8. The number of ether oxygens (including phenoxy) is 4. The van der Waals surface area contributed by atoms with Gasteiger partial charge in [-0.1, -0.05) is 64.8 Å². The second kappa shape index (κ2) is 21.8. The number of carbonyl (C=O) groups excluding carboxylic acids is 3. The van der Waals surface area contributed by atoms with Crippen LogP contribution < -0.4 is 29.6 Å². The monoisotopic (exact) mass is 1010 g/mol. The Balaban J connectivity index is 0.000000176. The Bertz CT molecular complexity index is 3030. The summed E-state index contributed by atoms with van der Waals surface area (Å²) in [5.74, 6) is -3.13. The molecule has 2 saturated heterocycles. The minimum Gasteiger partial charge on any atom is -0.486 e. The number of rotatable bonds is 14. The third kappa shape index (κ3) is 11.3. The molecule has 0 unspecified atom stereocenters. The zero-order valence-electron chi connectivity index (χ0n) is 38.1. The smallest absolute Gasteiger partial charge is 0.292 e. The van der Waals surface area contributed by atoms with Crippen LogP contribution >= 0.6 is 23.2 Å². The van der Waals surface area contributed by atoms with Crippen LogP contribution in [0.5, 0.6) is 23.0 Å². The topological polar surface area (TPSA) is 192 Å². The van der Waals surface area contributed by atoms with Gasteiger partial charge in [0.1, 0.15) is 38.6 Å². The predicted octanol–water partition coefficient (Wildman–Crippen LogP) is 7.02. The molecule has 0 spiro atoms. The van der Waals surface area contributed by atoms with Crippen LogP contribution in [-0.4, -0.2) is 126 Å². The van der Waals surface area contributed by atoms with Gasteiger partial charge < -0.3 is 54.8 Å². The summed E-state index contributed by atoms with van der Waals surface area (Å²) < 4.78 is 50.8. The van der Waals surface area contributed by atoms with Crippen LogP contribution in [0.4, 0.5) is 8.78 Å². The summed E-state index contributed by atoms with van der Waals surface area (Å²) in [7, 11) is 0. The van der Waals surface area contributed by atoms with E-state index in [-0.39, 0.29) is 71.8 Å². The summed E-state index contributed by atoms with van der Waals surface area (Å²) in [6, 6.07) is 24.4. The average Bonchev–Trinajstić information content (AvgIpc) is 3.34. The maximum atomic E-state index is 14.6. The van der Waals surface area contributed by atoms with Crippen molar-refractivity contribution in [3.05, 3.63) is 141 Å². The summed E-state index contributed by atoms with van der Waals surface area (Å²) in [6.45, 7) is 4.94. The molecule has 15 nitrogen and oxygen atoms in total. The lowest BCUT2D eigenvalue weighted by atomic mass is 9.98. The summed E-state index contributed by atoms with van der Waals surface area (Å²) in [4.78, 5) is 43.2. The van der Waals surface area contributed by atoms with Crippen LogP contribution in [0.15, 0.2) is 102 Å². The molecule has 4 heterocycles. The van der Waals surface area contributed by atoms with Gasteiger partial charge in [-0.25, -0.2) is 8.78 Å². The summed E-state index contributed by atoms with van der Waals surface area (Å²) in [6.07, 6.45) is -0.495. The minimum atomic E-state index is -1.27. The van der Waals surface area contributed by atoms with Crippen molar-refractivity contribution in [2.75, 3.05) is 65.7 Å². The molecular formula is C52H49Cl2F2N5O10. The Kier molecular flexibility index (Phi) is 15.2. The first-order valence-electron chi connectivity index (χ1n) is 23.1. The first kappa shape index (κ1) is 49.4. The van der Waals surface area contributed by atoms with Crippen LogP contribution in [0.25, 0.3) is 21.5 Å². The molecule has 4 aliphatic rings. The highest BCUT2D eigenvalue weighted by Gasteiger charge is 2.33. The Labute approximate surface area is 416 Å². The largest absolute Gasteiger partial charge is 0.486 e. The zero-order valence-corrected chi connectivity index (χ0v) is 39.6. The molecule has 19 heteroatoms. The number of amides is 2. The Morgan fingerprint density at radius 1 is 0.577 bits per heavy atom. The highest BCUT2D eigenvalue weighted by molar-refractivity contribution is 6.45. The van der Waals surface area contributed by atoms with Gasteiger partial charge in [-0.3, -0.25) is 14.4 Å². The third-order valence-electron chi connectivity index (χ3n) is 12.8. The number of ketones is 1. The molecule has 370 valence electrons. The van der Waals surface area contributed by atoms with Gasteiger partial charge in [-0.2, -0.15) is 0 Å². The molecule has 10 rings (SSSR count). The molecule has 4 aliphatic heterocycles. The number of hydrogen-bond donors (Lipinski definition) is 5. The standard InChI is InChI=1S/C26H25ClFN3O5.C26H24ClFN2O5/c27-19-5-4-15-10-17(3-2-16(15)11-19)23(30-34)26(33)29-21(14-31-6-1-7-31)24(32)18-12-20(28)25-22(13-18)35-8-9-36-25;27-19-5-4-15-10-17(3-2-16(15)11-19)24(32)26(33)29-21(14-30-6-1-7-30)23(31)18-12-20(28)25-22(13-18)34-8-9-35-25/h2-5,10-13,21,24,32,34H,1,6-9,14H2,(H,29,33);2-5,10-13,21,23,31H,1,6-9,14H2,(H,29,33)/b30-23+;/t21-,24-;21-,23-/m11/s1. The van der Waals surface area contributed by atoms with Crippen molar-refractivity contribution >= 4 is 68.1 Å². The highest BCUT2D eigenvalue weighted by atomic mass is 35.5. The summed E-state index contributed by atoms with van der Waals surface area (Å²) in [5, 5.41) is 45.2. The number of hydrogen-bond acceptors (Lipinski definition) is 13. The van der Waals surface area contributed by atoms with E-state index in [1.54, 1.807) is 72.8 Å². The van der Waals surface area contributed by atoms with E-state index in [1.165, 1.54) is 24.3 Å². The van der Waals surface area contributed by atoms with Gasteiger partial charge in [-0.05, 0) is 132 Å². The van der Waals surface area contributed by atoms with E-state index in [4.69, 9.17) is 42.1 Å². The number of likely N-dealkylation sites (tertiary alicyclic amines) is 2. The molecule has 71 heavy (non-hydrogen) atoms. The van der Waals surface area contributed by atoms with E-state index in [0.29, 0.717) is 28.7 Å². The molecule has 0 radical (unpaired) electrons. The molecule has 2 amide bonds. The van der Waals surface area contributed by atoms with Crippen LogP contribution in [0.3, 0.4) is 0 Å². The maximum Gasteiger partial charge on any atom is 0.292 e. The van der Waals surface area contributed by atoms with Gasteiger partial charge in [0.25, 0.3) is 11.8 Å². The number of nitrogens with one attached hydrogen (secondary N) is 2. The molecule has 4 atom stereocenters. The van der Waals surface area contributed by atoms with E-state index in [1.807, 2.05) is 4.90 Å². The first-order valence-corrected chi connectivity index (χ1v) is 23.8. The number of Topliss-reactive ketones (excluding diaryl/α,β-unsaturated/α-hetero) is 1. The number of aliphatic hydroxyl groups excluding tert-OH is 2. The van der Waals surface area contributed by atoms with Gasteiger partial charge in [-0.15, -0.1) is 0 Å². The molecule has 2 fully saturated rings. The normalized spacial score (nSPS) is 17.1. The van der Waals surface area contributed by atoms with Crippen LogP contribution in [0, 0.1) is 11.6 Å². The third-order valence-corrected chi connectivity index (χ3v) is 13.3. The number of nitrogens with zero attached hydrogens (tertiary/aromatic N) is 3. The minimum absolute atomic E-state index is 0.00305. The fourth-order valence-electron chi connectivity index (χ4n) is 8.76. The molecule has 0 bridgehead atoms. The van der Waals surface area contributed by atoms with Crippen molar-refractivity contribution < 1.29 is 57.5 Å². The molecule has 0 saturated carbocycles. The van der Waals surface area contributed by atoms with Crippen LogP contribution in [-0.2, 0) is 9.59 Å². The van der Waals surface area contributed by atoms with Gasteiger partial charge in [0.15, 0.2) is 40.3 Å². The van der Waals surface area contributed by atoms with Crippen molar-refractivity contribution in [1.29, 1.82) is 0 Å². The van der Waals surface area contributed by atoms with Crippen LogP contribution in [0.1, 0.15) is 52.1 Å². The van der Waals surface area contributed by atoms with E-state index in [0.717, 1.165) is 60.6 Å².